The fraction of sp³-hybridized carbons (Fsp3) is 1.00. The second-order valence-corrected chi connectivity index (χ2v) is 6.70. The van der Waals surface area contributed by atoms with E-state index in [1.165, 1.54) is 32.1 Å². The summed E-state index contributed by atoms with van der Waals surface area (Å²) in [4.78, 5) is 0. The zero-order valence-electron chi connectivity index (χ0n) is 12.4. The van der Waals surface area contributed by atoms with Gasteiger partial charge in [-0.25, -0.2) is 0 Å². The first-order valence-corrected chi connectivity index (χ1v) is 8.26. The van der Waals surface area contributed by atoms with Gasteiger partial charge in [-0.05, 0) is 69.6 Å². The Balaban J connectivity index is 1.52. The van der Waals surface area contributed by atoms with E-state index in [0.717, 1.165) is 49.5 Å². The zero-order chi connectivity index (χ0) is 13.2. The molecule has 0 aromatic heterocycles. The van der Waals surface area contributed by atoms with E-state index >= 15 is 0 Å². The van der Waals surface area contributed by atoms with Crippen LogP contribution in [0.1, 0.15) is 46.0 Å². The highest BCUT2D eigenvalue weighted by molar-refractivity contribution is 5.01. The predicted octanol–water partition coefficient (Wildman–Crippen LogP) is 2.80. The lowest BCUT2D eigenvalue weighted by Crippen LogP contribution is -2.55. The van der Waals surface area contributed by atoms with E-state index in [1.54, 1.807) is 0 Å². The molecule has 19 heavy (non-hydrogen) atoms. The maximum Gasteiger partial charge on any atom is 0.169 e. The first kappa shape index (κ1) is 13.8. The number of hydrogen-bond donors (Lipinski definition) is 1. The maximum atomic E-state index is 5.64. The highest BCUT2D eigenvalue weighted by Gasteiger charge is 2.47. The van der Waals surface area contributed by atoms with Crippen molar-refractivity contribution < 1.29 is 9.47 Å². The molecule has 110 valence electrons. The van der Waals surface area contributed by atoms with Crippen molar-refractivity contribution in [2.45, 2.75) is 58.3 Å². The van der Waals surface area contributed by atoms with Crippen LogP contribution in [0.3, 0.4) is 0 Å². The predicted molar refractivity (Wildman–Crippen MR) is 75.9 cm³/mol. The second kappa shape index (κ2) is 6.11. The average molecular weight is 267 g/mol. The largest absolute Gasteiger partial charge is 0.352 e. The van der Waals surface area contributed by atoms with Crippen LogP contribution >= 0.6 is 0 Å². The Morgan fingerprint density at radius 1 is 0.895 bits per heavy atom. The highest BCUT2D eigenvalue weighted by Crippen LogP contribution is 2.53. The van der Waals surface area contributed by atoms with Crippen molar-refractivity contribution in [1.82, 2.24) is 5.32 Å². The minimum atomic E-state index is -0.0628. The van der Waals surface area contributed by atoms with E-state index in [1.807, 2.05) is 13.8 Å². The topological polar surface area (TPSA) is 30.5 Å². The molecule has 0 amide bonds. The number of ether oxygens (including phenoxy) is 2. The fourth-order valence-corrected chi connectivity index (χ4v) is 5.03. The molecule has 0 unspecified atom stereocenters. The Morgan fingerprint density at radius 2 is 1.42 bits per heavy atom. The molecular weight excluding hydrogens is 238 g/mol. The summed E-state index contributed by atoms with van der Waals surface area (Å²) in [6.45, 7) is 6.39. The summed E-state index contributed by atoms with van der Waals surface area (Å²) in [5, 5.41) is 3.78. The number of rotatable bonds is 7. The Labute approximate surface area is 117 Å². The molecule has 4 aliphatic carbocycles. The minimum absolute atomic E-state index is 0.0628. The van der Waals surface area contributed by atoms with Crippen LogP contribution in [-0.2, 0) is 9.47 Å². The molecule has 4 aliphatic rings. The lowest BCUT2D eigenvalue weighted by Gasteiger charge is -2.54. The summed E-state index contributed by atoms with van der Waals surface area (Å²) < 4.78 is 11.3. The van der Waals surface area contributed by atoms with Gasteiger partial charge >= 0.3 is 0 Å². The zero-order valence-corrected chi connectivity index (χ0v) is 12.4. The maximum absolute atomic E-state index is 5.64. The molecule has 0 aromatic carbocycles. The number of nitrogens with one attached hydrogen (secondary N) is 1. The van der Waals surface area contributed by atoms with Gasteiger partial charge in [-0.1, -0.05) is 0 Å². The summed E-state index contributed by atoms with van der Waals surface area (Å²) in [5.74, 6) is 3.96. The molecule has 0 aliphatic heterocycles. The van der Waals surface area contributed by atoms with Crippen LogP contribution in [-0.4, -0.2) is 32.1 Å². The SMILES string of the molecule is CCOC(CNC1C2CC3CC(C2)CC1C3)OCC. The van der Waals surface area contributed by atoms with Crippen molar-refractivity contribution >= 4 is 0 Å². The summed E-state index contributed by atoms with van der Waals surface area (Å²) >= 11 is 0. The quantitative estimate of drug-likeness (QED) is 0.720. The average Bonchev–Trinajstić information content (AvgIpc) is 2.37. The summed E-state index contributed by atoms with van der Waals surface area (Å²) in [6.07, 6.45) is 7.35. The molecule has 4 fully saturated rings. The van der Waals surface area contributed by atoms with Crippen molar-refractivity contribution in [2.24, 2.45) is 23.7 Å². The first-order chi connectivity index (χ1) is 9.30. The van der Waals surface area contributed by atoms with Gasteiger partial charge < -0.3 is 14.8 Å². The normalized spacial score (nSPS) is 40.3. The Kier molecular flexibility index (Phi) is 4.45. The van der Waals surface area contributed by atoms with Crippen molar-refractivity contribution in [3.63, 3.8) is 0 Å². The standard InChI is InChI=1S/C16H29NO2/c1-3-18-15(19-4-2)10-17-16-13-6-11-5-12(8-13)9-14(16)7-11/h11-17H,3-10H2,1-2H3. The molecule has 0 radical (unpaired) electrons. The van der Waals surface area contributed by atoms with E-state index in [0.29, 0.717) is 0 Å². The third-order valence-electron chi connectivity index (χ3n) is 5.45. The monoisotopic (exact) mass is 267 g/mol. The molecule has 4 saturated carbocycles. The second-order valence-electron chi connectivity index (χ2n) is 6.70. The third-order valence-corrected chi connectivity index (χ3v) is 5.45. The molecule has 0 spiro atoms. The van der Waals surface area contributed by atoms with Crippen molar-refractivity contribution in [2.75, 3.05) is 19.8 Å². The molecule has 0 heterocycles. The van der Waals surface area contributed by atoms with E-state index < -0.39 is 0 Å². The van der Waals surface area contributed by atoms with Gasteiger partial charge in [0.05, 0.1) is 0 Å². The van der Waals surface area contributed by atoms with Gasteiger partial charge in [0, 0.05) is 25.8 Å². The summed E-state index contributed by atoms with van der Waals surface area (Å²) in [7, 11) is 0. The summed E-state index contributed by atoms with van der Waals surface area (Å²) in [5.41, 5.74) is 0. The van der Waals surface area contributed by atoms with E-state index in [-0.39, 0.29) is 6.29 Å². The Bertz CT molecular complexity index is 260. The van der Waals surface area contributed by atoms with Gasteiger partial charge in [-0.2, -0.15) is 0 Å². The Hall–Kier alpha value is -0.120. The van der Waals surface area contributed by atoms with Crippen LogP contribution < -0.4 is 5.32 Å². The highest BCUT2D eigenvalue weighted by atomic mass is 16.7. The molecule has 0 aromatic rings. The molecule has 4 bridgehead atoms. The molecule has 0 atom stereocenters. The van der Waals surface area contributed by atoms with Crippen LogP contribution in [0.5, 0.6) is 0 Å². The number of hydrogen-bond acceptors (Lipinski definition) is 3. The summed E-state index contributed by atoms with van der Waals surface area (Å²) in [6, 6.07) is 0.733. The van der Waals surface area contributed by atoms with E-state index in [4.69, 9.17) is 9.47 Å². The molecular formula is C16H29NO2. The Morgan fingerprint density at radius 3 is 1.89 bits per heavy atom. The smallest absolute Gasteiger partial charge is 0.169 e. The van der Waals surface area contributed by atoms with Crippen molar-refractivity contribution in [3.05, 3.63) is 0 Å². The van der Waals surface area contributed by atoms with Crippen LogP contribution in [0.2, 0.25) is 0 Å². The van der Waals surface area contributed by atoms with Crippen molar-refractivity contribution in [3.8, 4) is 0 Å². The van der Waals surface area contributed by atoms with E-state index in [9.17, 15) is 0 Å². The van der Waals surface area contributed by atoms with E-state index in [2.05, 4.69) is 5.32 Å². The molecule has 0 saturated heterocycles. The van der Waals surface area contributed by atoms with Crippen LogP contribution in [0.4, 0.5) is 0 Å². The third kappa shape index (κ3) is 2.98. The lowest BCUT2D eigenvalue weighted by atomic mass is 9.54. The molecule has 3 nitrogen and oxygen atoms in total. The van der Waals surface area contributed by atoms with Gasteiger partial charge in [-0.3, -0.25) is 0 Å². The molecule has 3 heteroatoms. The van der Waals surface area contributed by atoms with Crippen LogP contribution in [0, 0.1) is 23.7 Å². The van der Waals surface area contributed by atoms with Gasteiger partial charge in [0.2, 0.25) is 0 Å². The lowest BCUT2D eigenvalue weighted by molar-refractivity contribution is -0.137. The van der Waals surface area contributed by atoms with Gasteiger partial charge in [0.1, 0.15) is 0 Å². The molecule has 1 N–H and O–H groups in total. The minimum Gasteiger partial charge on any atom is -0.352 e. The van der Waals surface area contributed by atoms with Crippen LogP contribution in [0.25, 0.3) is 0 Å². The van der Waals surface area contributed by atoms with Gasteiger partial charge in [-0.15, -0.1) is 0 Å². The van der Waals surface area contributed by atoms with Gasteiger partial charge in [0.15, 0.2) is 6.29 Å². The van der Waals surface area contributed by atoms with Crippen LogP contribution in [0.15, 0.2) is 0 Å². The first-order valence-electron chi connectivity index (χ1n) is 8.26. The fourth-order valence-electron chi connectivity index (χ4n) is 5.03. The van der Waals surface area contributed by atoms with Gasteiger partial charge in [0.25, 0.3) is 0 Å². The molecule has 4 rings (SSSR count). The van der Waals surface area contributed by atoms with Crippen molar-refractivity contribution in [1.29, 1.82) is 0 Å².